The Bertz CT molecular complexity index is 613. The van der Waals surface area contributed by atoms with Crippen molar-refractivity contribution in [2.45, 2.75) is 19.9 Å². The topological polar surface area (TPSA) is 41.1 Å². The van der Waals surface area contributed by atoms with Crippen LogP contribution in [0.25, 0.3) is 0 Å². The number of nitrogens with one attached hydrogen (secondary N) is 2. The summed E-state index contributed by atoms with van der Waals surface area (Å²) in [5.41, 5.74) is 2.18. The summed E-state index contributed by atoms with van der Waals surface area (Å²) in [5.74, 6) is -0.572. The van der Waals surface area contributed by atoms with Gasteiger partial charge in [-0.3, -0.25) is 4.79 Å². The van der Waals surface area contributed by atoms with E-state index >= 15 is 0 Å². The minimum absolute atomic E-state index is 0.0300. The van der Waals surface area contributed by atoms with Crippen LogP contribution in [0.1, 0.15) is 18.1 Å². The van der Waals surface area contributed by atoms with Gasteiger partial charge in [0.1, 0.15) is 5.82 Å². The Morgan fingerprint density at radius 1 is 1.05 bits per heavy atom. The van der Waals surface area contributed by atoms with Gasteiger partial charge >= 0.3 is 0 Å². The third kappa shape index (κ3) is 4.39. The molecule has 0 saturated carbocycles. The third-order valence-electron chi connectivity index (χ3n) is 3.17. The van der Waals surface area contributed by atoms with Gasteiger partial charge in [0, 0.05) is 12.2 Å². The normalized spacial score (nSPS) is 10.4. The van der Waals surface area contributed by atoms with Crippen molar-refractivity contribution in [1.82, 2.24) is 5.32 Å². The van der Waals surface area contributed by atoms with Gasteiger partial charge in [0.25, 0.3) is 0 Å². The van der Waals surface area contributed by atoms with E-state index in [1.165, 1.54) is 6.07 Å². The average Bonchev–Trinajstić information content (AvgIpc) is 2.49. The summed E-state index contributed by atoms with van der Waals surface area (Å²) in [5, 5.41) is 6.08. The zero-order valence-electron chi connectivity index (χ0n) is 12.0. The number of hydrogen-bond acceptors (Lipinski definition) is 2. The summed E-state index contributed by atoms with van der Waals surface area (Å²) in [6.07, 6.45) is 0.0300. The van der Waals surface area contributed by atoms with Crippen LogP contribution in [-0.4, -0.2) is 12.5 Å². The number of hydrogen-bond donors (Lipinski definition) is 2. The lowest BCUT2D eigenvalue weighted by atomic mass is 10.1. The summed E-state index contributed by atoms with van der Waals surface area (Å²) < 4.78 is 13.5. The van der Waals surface area contributed by atoms with Crippen molar-refractivity contribution in [2.75, 3.05) is 11.9 Å². The second-order valence-corrected chi connectivity index (χ2v) is 4.75. The van der Waals surface area contributed by atoms with E-state index in [1.807, 2.05) is 31.2 Å². The van der Waals surface area contributed by atoms with E-state index in [0.717, 1.165) is 17.8 Å². The van der Waals surface area contributed by atoms with E-state index in [2.05, 4.69) is 10.6 Å². The zero-order chi connectivity index (χ0) is 15.1. The monoisotopic (exact) mass is 286 g/mol. The lowest BCUT2D eigenvalue weighted by Gasteiger charge is -2.11. The Kier molecular flexibility index (Phi) is 5.46. The first-order valence-corrected chi connectivity index (χ1v) is 7.02. The van der Waals surface area contributed by atoms with Crippen molar-refractivity contribution in [2.24, 2.45) is 0 Å². The highest BCUT2D eigenvalue weighted by molar-refractivity contribution is 5.93. The molecular formula is C17H19FN2O. The van der Waals surface area contributed by atoms with Crippen LogP contribution in [0.2, 0.25) is 0 Å². The van der Waals surface area contributed by atoms with Gasteiger partial charge < -0.3 is 10.6 Å². The Morgan fingerprint density at radius 3 is 2.43 bits per heavy atom. The molecule has 0 radical (unpaired) electrons. The second-order valence-electron chi connectivity index (χ2n) is 4.75. The molecule has 0 unspecified atom stereocenters. The van der Waals surface area contributed by atoms with E-state index in [9.17, 15) is 9.18 Å². The van der Waals surface area contributed by atoms with Crippen LogP contribution in [0.15, 0.2) is 48.5 Å². The second kappa shape index (κ2) is 7.55. The molecule has 0 saturated heterocycles. The number of halogens is 1. The molecule has 2 aromatic carbocycles. The molecule has 4 heteroatoms. The molecule has 0 bridgehead atoms. The Labute approximate surface area is 124 Å². The molecule has 21 heavy (non-hydrogen) atoms. The fourth-order valence-corrected chi connectivity index (χ4v) is 2.07. The molecule has 0 aliphatic heterocycles. The molecule has 0 aliphatic rings. The van der Waals surface area contributed by atoms with Crippen molar-refractivity contribution in [3.63, 3.8) is 0 Å². The van der Waals surface area contributed by atoms with Crippen LogP contribution in [0.3, 0.4) is 0 Å². The van der Waals surface area contributed by atoms with Crippen LogP contribution in [0.5, 0.6) is 0 Å². The molecule has 0 heterocycles. The molecule has 1 amide bonds. The lowest BCUT2D eigenvalue weighted by Crippen LogP contribution is -2.18. The van der Waals surface area contributed by atoms with Gasteiger partial charge in [-0.2, -0.15) is 0 Å². The number of para-hydroxylation sites is 1. The summed E-state index contributed by atoms with van der Waals surface area (Å²) >= 11 is 0. The van der Waals surface area contributed by atoms with Crippen LogP contribution in [0, 0.1) is 5.82 Å². The molecule has 110 valence electrons. The highest BCUT2D eigenvalue weighted by Gasteiger charge is 2.09. The van der Waals surface area contributed by atoms with Crippen molar-refractivity contribution in [1.29, 1.82) is 0 Å². The molecular weight excluding hydrogens is 267 g/mol. The number of carbonyl (C=O) groups is 1. The van der Waals surface area contributed by atoms with Gasteiger partial charge in [0.05, 0.1) is 6.42 Å². The third-order valence-corrected chi connectivity index (χ3v) is 3.17. The maximum atomic E-state index is 13.5. The maximum absolute atomic E-state index is 13.5. The lowest BCUT2D eigenvalue weighted by molar-refractivity contribution is -0.115. The predicted octanol–water partition coefficient (Wildman–Crippen LogP) is 3.12. The predicted molar refractivity (Wildman–Crippen MR) is 82.6 cm³/mol. The Balaban J connectivity index is 2.04. The highest BCUT2D eigenvalue weighted by atomic mass is 19.1. The van der Waals surface area contributed by atoms with Gasteiger partial charge in [-0.15, -0.1) is 0 Å². The minimum atomic E-state index is -0.353. The SMILES string of the molecule is CCNCc1ccccc1NC(=O)Cc1ccccc1F. The van der Waals surface area contributed by atoms with Crippen LogP contribution in [0.4, 0.5) is 10.1 Å². The van der Waals surface area contributed by atoms with Crippen molar-refractivity contribution < 1.29 is 9.18 Å². The van der Waals surface area contributed by atoms with Gasteiger partial charge in [-0.1, -0.05) is 43.3 Å². The number of amides is 1. The van der Waals surface area contributed by atoms with Gasteiger partial charge in [0.2, 0.25) is 5.91 Å². The average molecular weight is 286 g/mol. The summed E-state index contributed by atoms with van der Waals surface area (Å²) in [6, 6.07) is 13.9. The van der Waals surface area contributed by atoms with Crippen LogP contribution in [-0.2, 0) is 17.8 Å². The van der Waals surface area contributed by atoms with Crippen molar-refractivity contribution in [3.8, 4) is 0 Å². The van der Waals surface area contributed by atoms with Crippen molar-refractivity contribution in [3.05, 3.63) is 65.5 Å². The van der Waals surface area contributed by atoms with Gasteiger partial charge in [-0.05, 0) is 29.8 Å². The number of benzene rings is 2. The van der Waals surface area contributed by atoms with Crippen LogP contribution < -0.4 is 10.6 Å². The molecule has 0 spiro atoms. The Morgan fingerprint density at radius 2 is 1.71 bits per heavy atom. The first-order chi connectivity index (χ1) is 10.2. The number of carbonyl (C=O) groups excluding carboxylic acids is 1. The van der Waals surface area contributed by atoms with Gasteiger partial charge in [0.15, 0.2) is 0 Å². The number of rotatable bonds is 6. The van der Waals surface area contributed by atoms with E-state index in [1.54, 1.807) is 18.2 Å². The summed E-state index contributed by atoms with van der Waals surface area (Å²) in [4.78, 5) is 12.1. The Hall–Kier alpha value is -2.20. The first kappa shape index (κ1) is 15.2. The highest BCUT2D eigenvalue weighted by Crippen LogP contribution is 2.16. The molecule has 3 nitrogen and oxygen atoms in total. The summed E-state index contributed by atoms with van der Waals surface area (Å²) in [6.45, 7) is 3.57. The smallest absolute Gasteiger partial charge is 0.228 e. The molecule has 2 rings (SSSR count). The molecule has 2 aromatic rings. The van der Waals surface area contributed by atoms with Crippen molar-refractivity contribution >= 4 is 11.6 Å². The number of anilines is 1. The standard InChI is InChI=1S/C17H19FN2O/c1-2-19-12-14-8-4-6-10-16(14)20-17(21)11-13-7-3-5-9-15(13)18/h3-10,19H,2,11-12H2,1H3,(H,20,21). The summed E-state index contributed by atoms with van der Waals surface area (Å²) in [7, 11) is 0. The van der Waals surface area contributed by atoms with Crippen LogP contribution >= 0.6 is 0 Å². The minimum Gasteiger partial charge on any atom is -0.325 e. The van der Waals surface area contributed by atoms with E-state index < -0.39 is 0 Å². The fourth-order valence-electron chi connectivity index (χ4n) is 2.07. The largest absolute Gasteiger partial charge is 0.325 e. The molecule has 0 atom stereocenters. The van der Waals surface area contributed by atoms with E-state index in [0.29, 0.717) is 12.1 Å². The molecule has 2 N–H and O–H groups in total. The maximum Gasteiger partial charge on any atom is 0.228 e. The quantitative estimate of drug-likeness (QED) is 0.856. The zero-order valence-corrected chi connectivity index (χ0v) is 12.0. The molecule has 0 aromatic heterocycles. The van der Waals surface area contributed by atoms with E-state index in [-0.39, 0.29) is 18.1 Å². The first-order valence-electron chi connectivity index (χ1n) is 7.02. The molecule has 0 fully saturated rings. The molecule has 0 aliphatic carbocycles. The fraction of sp³-hybridized carbons (Fsp3) is 0.235. The van der Waals surface area contributed by atoms with Gasteiger partial charge in [-0.25, -0.2) is 4.39 Å². The van der Waals surface area contributed by atoms with E-state index in [4.69, 9.17) is 0 Å².